The highest BCUT2D eigenvalue weighted by Gasteiger charge is 2.48. The molecule has 30 heavy (non-hydrogen) atoms. The van der Waals surface area contributed by atoms with Crippen LogP contribution in [0.5, 0.6) is 0 Å². The van der Waals surface area contributed by atoms with Crippen molar-refractivity contribution < 1.29 is 9.59 Å². The van der Waals surface area contributed by atoms with Crippen molar-refractivity contribution in [3.63, 3.8) is 0 Å². The molecule has 2 amide bonds. The molecule has 5 nitrogen and oxygen atoms in total. The van der Waals surface area contributed by atoms with Gasteiger partial charge in [-0.1, -0.05) is 54.4 Å². The van der Waals surface area contributed by atoms with Crippen LogP contribution in [0.2, 0.25) is 0 Å². The lowest BCUT2D eigenvalue weighted by Gasteiger charge is -2.38. The summed E-state index contributed by atoms with van der Waals surface area (Å²) < 4.78 is 0. The van der Waals surface area contributed by atoms with E-state index in [1.54, 1.807) is 4.90 Å². The Labute approximate surface area is 178 Å². The molecule has 1 spiro atoms. The number of nitrogens with one attached hydrogen (secondary N) is 1. The number of aryl methyl sites for hydroxylation is 3. The predicted molar refractivity (Wildman–Crippen MR) is 120 cm³/mol. The molecule has 1 aliphatic carbocycles. The van der Waals surface area contributed by atoms with Gasteiger partial charge in [0.2, 0.25) is 5.91 Å². The molecule has 5 heteroatoms. The fourth-order valence-corrected chi connectivity index (χ4v) is 4.84. The summed E-state index contributed by atoms with van der Waals surface area (Å²) in [6.07, 6.45) is 4.81. The number of benzene rings is 2. The second-order valence-corrected chi connectivity index (χ2v) is 8.58. The maximum absolute atomic E-state index is 13.4. The Morgan fingerprint density at radius 1 is 1.03 bits per heavy atom. The molecule has 0 radical (unpaired) electrons. The van der Waals surface area contributed by atoms with Crippen LogP contribution in [0.25, 0.3) is 0 Å². The second-order valence-electron chi connectivity index (χ2n) is 8.58. The van der Waals surface area contributed by atoms with E-state index < -0.39 is 5.66 Å². The molecule has 1 saturated carbocycles. The Balaban J connectivity index is 1.60. The van der Waals surface area contributed by atoms with E-state index in [1.165, 1.54) is 5.56 Å². The zero-order valence-electron chi connectivity index (χ0n) is 18.0. The molecule has 2 aromatic rings. The second kappa shape index (κ2) is 8.05. The van der Waals surface area contributed by atoms with Gasteiger partial charge in [0.1, 0.15) is 17.9 Å². The van der Waals surface area contributed by atoms with Crippen molar-refractivity contribution in [3.8, 4) is 0 Å². The van der Waals surface area contributed by atoms with Crippen LogP contribution >= 0.6 is 0 Å². The molecule has 4 rings (SSSR count). The van der Waals surface area contributed by atoms with E-state index in [0.29, 0.717) is 5.71 Å². The van der Waals surface area contributed by atoms with Gasteiger partial charge in [-0.2, -0.15) is 0 Å². The highest BCUT2D eigenvalue weighted by Crippen LogP contribution is 2.39. The number of rotatable bonds is 4. The summed E-state index contributed by atoms with van der Waals surface area (Å²) in [5.41, 5.74) is 4.77. The van der Waals surface area contributed by atoms with Gasteiger partial charge in [0.25, 0.3) is 5.91 Å². The molecule has 0 atom stereocenters. The summed E-state index contributed by atoms with van der Waals surface area (Å²) in [4.78, 5) is 33.0. The summed E-state index contributed by atoms with van der Waals surface area (Å²) in [7, 11) is 0. The summed E-state index contributed by atoms with van der Waals surface area (Å²) in [6, 6.07) is 13.7. The minimum Gasteiger partial charge on any atom is -0.324 e. The third-order valence-corrected chi connectivity index (χ3v) is 6.21. The fraction of sp³-hybridized carbons (Fsp3) is 0.400. The van der Waals surface area contributed by atoms with E-state index in [1.807, 2.05) is 51.1 Å². The highest BCUT2D eigenvalue weighted by atomic mass is 16.2. The first-order valence-electron chi connectivity index (χ1n) is 10.7. The number of carbonyl (C=O) groups is 2. The molecule has 1 N–H and O–H groups in total. The summed E-state index contributed by atoms with van der Waals surface area (Å²) in [6.45, 7) is 6.06. The number of nitrogens with zero attached hydrogens (tertiary/aromatic N) is 2. The van der Waals surface area contributed by atoms with E-state index >= 15 is 0 Å². The molecular formula is C25H29N3O2. The Morgan fingerprint density at radius 3 is 2.30 bits per heavy atom. The van der Waals surface area contributed by atoms with Crippen molar-refractivity contribution in [3.05, 3.63) is 64.7 Å². The molecular weight excluding hydrogens is 374 g/mol. The van der Waals surface area contributed by atoms with Gasteiger partial charge in [-0.3, -0.25) is 14.6 Å². The van der Waals surface area contributed by atoms with Crippen LogP contribution < -0.4 is 5.32 Å². The zero-order chi connectivity index (χ0) is 21.3. The molecule has 2 aliphatic rings. The standard InChI is InChI=1S/C25H29N3O2/c1-17-14-18(2)22(19(3)15-17)26-21(29)16-28-24(30)23(20-10-6-4-7-11-20)27-25(28)12-8-5-9-13-25/h4,6-7,10-11,14-15H,5,8-9,12-13,16H2,1-3H3,(H,26,29). The van der Waals surface area contributed by atoms with Crippen LogP contribution in [-0.2, 0) is 9.59 Å². The smallest absolute Gasteiger partial charge is 0.275 e. The summed E-state index contributed by atoms with van der Waals surface area (Å²) >= 11 is 0. The third-order valence-electron chi connectivity index (χ3n) is 6.21. The van der Waals surface area contributed by atoms with Gasteiger partial charge in [-0.15, -0.1) is 0 Å². The predicted octanol–water partition coefficient (Wildman–Crippen LogP) is 4.54. The average molecular weight is 404 g/mol. The molecule has 1 aliphatic heterocycles. The minimum atomic E-state index is -0.588. The Morgan fingerprint density at radius 2 is 1.67 bits per heavy atom. The van der Waals surface area contributed by atoms with Crippen LogP contribution in [0.1, 0.15) is 54.4 Å². The van der Waals surface area contributed by atoms with Crippen molar-refractivity contribution in [2.45, 2.75) is 58.5 Å². The first-order chi connectivity index (χ1) is 14.4. The maximum atomic E-state index is 13.4. The SMILES string of the molecule is Cc1cc(C)c(NC(=O)CN2C(=O)C(c3ccccc3)=NC23CCCCC3)c(C)c1. The van der Waals surface area contributed by atoms with Gasteiger partial charge in [0.05, 0.1) is 0 Å². The van der Waals surface area contributed by atoms with E-state index in [-0.39, 0.29) is 18.4 Å². The van der Waals surface area contributed by atoms with E-state index in [0.717, 1.165) is 54.5 Å². The molecule has 0 bridgehead atoms. The van der Waals surface area contributed by atoms with E-state index in [2.05, 4.69) is 17.4 Å². The molecule has 0 aromatic heterocycles. The Bertz CT molecular complexity index is 981. The van der Waals surface area contributed by atoms with Crippen molar-refractivity contribution in [2.75, 3.05) is 11.9 Å². The number of aliphatic imine (C=N–C) groups is 1. The van der Waals surface area contributed by atoms with Gasteiger partial charge in [-0.25, -0.2) is 0 Å². The topological polar surface area (TPSA) is 61.8 Å². The minimum absolute atomic E-state index is 0.0193. The third kappa shape index (κ3) is 3.76. The number of hydrogen-bond acceptors (Lipinski definition) is 3. The lowest BCUT2D eigenvalue weighted by Crippen LogP contribution is -2.51. The molecule has 1 heterocycles. The Kier molecular flexibility index (Phi) is 5.46. The maximum Gasteiger partial charge on any atom is 0.275 e. The monoisotopic (exact) mass is 403 g/mol. The van der Waals surface area contributed by atoms with Gasteiger partial charge in [0.15, 0.2) is 0 Å². The fourth-order valence-electron chi connectivity index (χ4n) is 4.84. The lowest BCUT2D eigenvalue weighted by atomic mass is 9.88. The van der Waals surface area contributed by atoms with Crippen LogP contribution in [-0.4, -0.2) is 34.6 Å². The largest absolute Gasteiger partial charge is 0.324 e. The molecule has 2 aromatic carbocycles. The molecule has 0 saturated heterocycles. The van der Waals surface area contributed by atoms with E-state index in [9.17, 15) is 9.59 Å². The van der Waals surface area contributed by atoms with Gasteiger partial charge in [0, 0.05) is 11.3 Å². The van der Waals surface area contributed by atoms with Crippen molar-refractivity contribution in [2.24, 2.45) is 4.99 Å². The van der Waals surface area contributed by atoms with Crippen molar-refractivity contribution in [1.29, 1.82) is 0 Å². The number of carbonyl (C=O) groups excluding carboxylic acids is 2. The quantitative estimate of drug-likeness (QED) is 0.814. The molecule has 156 valence electrons. The first kappa shape index (κ1) is 20.3. The van der Waals surface area contributed by atoms with Crippen molar-refractivity contribution >= 4 is 23.2 Å². The normalized spacial score (nSPS) is 17.9. The number of hydrogen-bond donors (Lipinski definition) is 1. The highest BCUT2D eigenvalue weighted by molar-refractivity contribution is 6.47. The molecule has 1 fully saturated rings. The van der Waals surface area contributed by atoms with Crippen molar-refractivity contribution in [1.82, 2.24) is 4.90 Å². The van der Waals surface area contributed by atoms with Crippen LogP contribution in [0.3, 0.4) is 0 Å². The zero-order valence-corrected chi connectivity index (χ0v) is 18.0. The van der Waals surface area contributed by atoms with Gasteiger partial charge in [-0.05, 0) is 57.6 Å². The molecule has 0 unspecified atom stereocenters. The van der Waals surface area contributed by atoms with Gasteiger partial charge >= 0.3 is 0 Å². The first-order valence-corrected chi connectivity index (χ1v) is 10.7. The van der Waals surface area contributed by atoms with Crippen LogP contribution in [0.15, 0.2) is 47.5 Å². The van der Waals surface area contributed by atoms with Gasteiger partial charge < -0.3 is 10.2 Å². The van der Waals surface area contributed by atoms with Crippen LogP contribution in [0, 0.1) is 20.8 Å². The Hall–Kier alpha value is -2.95. The summed E-state index contributed by atoms with van der Waals surface area (Å²) in [5, 5.41) is 3.05. The summed E-state index contributed by atoms with van der Waals surface area (Å²) in [5.74, 6) is -0.316. The number of anilines is 1. The average Bonchev–Trinajstić information content (AvgIpc) is 2.98. The van der Waals surface area contributed by atoms with Crippen LogP contribution in [0.4, 0.5) is 5.69 Å². The van der Waals surface area contributed by atoms with E-state index in [4.69, 9.17) is 4.99 Å². The number of amides is 2. The lowest BCUT2D eigenvalue weighted by molar-refractivity contribution is -0.134.